The van der Waals surface area contributed by atoms with Gasteiger partial charge in [-0.1, -0.05) is 38.1 Å². The topological polar surface area (TPSA) is 83.5 Å². The normalized spacial score (nSPS) is 11.3. The number of para-hydroxylation sites is 1. The molecule has 6 heteroatoms. The van der Waals surface area contributed by atoms with Crippen LogP contribution in [0.2, 0.25) is 0 Å². The zero-order valence-electron chi connectivity index (χ0n) is 14.6. The second-order valence-electron chi connectivity index (χ2n) is 5.97. The van der Waals surface area contributed by atoms with Gasteiger partial charge >= 0.3 is 0 Å². The second-order valence-corrected chi connectivity index (χ2v) is 5.97. The average Bonchev–Trinajstić information content (AvgIpc) is 2.60. The zero-order valence-corrected chi connectivity index (χ0v) is 14.6. The molecule has 25 heavy (non-hydrogen) atoms. The van der Waals surface area contributed by atoms with Gasteiger partial charge in [0.25, 0.3) is 5.91 Å². The molecule has 2 rings (SSSR count). The Hall–Kier alpha value is -3.02. The molecular formula is C19H22N4O2. The van der Waals surface area contributed by atoms with Gasteiger partial charge in [0.05, 0.1) is 6.42 Å². The standard InChI is InChI=1S/C19H22N4O2/c1-13(2)15-8-4-5-9-16(15)21-18(24)12-14(3)22-23-19(25)17-10-6-7-11-20-17/h4-11,13H,12H2,1-3H3,(H,21,24)(H,23,25)/b22-14-. The number of hydrogen-bond acceptors (Lipinski definition) is 4. The van der Waals surface area contributed by atoms with Crippen molar-refractivity contribution in [1.82, 2.24) is 10.4 Å². The third-order valence-electron chi connectivity index (χ3n) is 3.52. The van der Waals surface area contributed by atoms with Crippen molar-refractivity contribution in [2.24, 2.45) is 5.10 Å². The van der Waals surface area contributed by atoms with Gasteiger partial charge in [0.2, 0.25) is 5.91 Å². The van der Waals surface area contributed by atoms with Crippen molar-refractivity contribution in [3.63, 3.8) is 0 Å². The van der Waals surface area contributed by atoms with Crippen molar-refractivity contribution in [2.75, 3.05) is 5.32 Å². The van der Waals surface area contributed by atoms with E-state index < -0.39 is 5.91 Å². The Morgan fingerprint density at radius 1 is 1.12 bits per heavy atom. The van der Waals surface area contributed by atoms with E-state index in [-0.39, 0.29) is 18.0 Å². The third kappa shape index (κ3) is 5.53. The number of hydrogen-bond donors (Lipinski definition) is 2. The van der Waals surface area contributed by atoms with E-state index in [4.69, 9.17) is 0 Å². The van der Waals surface area contributed by atoms with Crippen LogP contribution in [0.15, 0.2) is 53.8 Å². The van der Waals surface area contributed by atoms with Crippen LogP contribution in [0.25, 0.3) is 0 Å². The highest BCUT2D eigenvalue weighted by molar-refractivity contribution is 6.06. The number of rotatable bonds is 6. The van der Waals surface area contributed by atoms with E-state index in [0.29, 0.717) is 11.6 Å². The SMILES string of the molecule is C/C(CC(=O)Nc1ccccc1C(C)C)=N/NC(=O)c1ccccn1. The van der Waals surface area contributed by atoms with Crippen molar-refractivity contribution < 1.29 is 9.59 Å². The van der Waals surface area contributed by atoms with E-state index in [1.807, 2.05) is 24.3 Å². The number of pyridine rings is 1. The van der Waals surface area contributed by atoms with Crippen LogP contribution in [0, 0.1) is 0 Å². The first-order chi connectivity index (χ1) is 12.0. The Balaban J connectivity index is 1.93. The molecule has 0 bridgehead atoms. The Bertz CT molecular complexity index is 770. The molecule has 0 atom stereocenters. The number of carbonyl (C=O) groups is 2. The monoisotopic (exact) mass is 338 g/mol. The van der Waals surface area contributed by atoms with Gasteiger partial charge in [-0.2, -0.15) is 5.10 Å². The van der Waals surface area contributed by atoms with Gasteiger partial charge in [0.15, 0.2) is 0 Å². The molecule has 130 valence electrons. The molecule has 0 aliphatic heterocycles. The number of nitrogens with zero attached hydrogens (tertiary/aromatic N) is 2. The first-order valence-electron chi connectivity index (χ1n) is 8.10. The van der Waals surface area contributed by atoms with Gasteiger partial charge < -0.3 is 5.32 Å². The summed E-state index contributed by atoms with van der Waals surface area (Å²) in [6.07, 6.45) is 1.63. The number of amides is 2. The lowest BCUT2D eigenvalue weighted by Crippen LogP contribution is -2.22. The number of anilines is 1. The summed E-state index contributed by atoms with van der Waals surface area (Å²) in [5.74, 6) is -0.282. The van der Waals surface area contributed by atoms with Crippen LogP contribution in [-0.2, 0) is 4.79 Å². The molecule has 0 unspecified atom stereocenters. The number of aromatic nitrogens is 1. The van der Waals surface area contributed by atoms with Crippen molar-refractivity contribution in [3.8, 4) is 0 Å². The molecule has 6 nitrogen and oxygen atoms in total. The van der Waals surface area contributed by atoms with Gasteiger partial charge in [0, 0.05) is 17.6 Å². The molecule has 0 aliphatic rings. The van der Waals surface area contributed by atoms with Crippen LogP contribution >= 0.6 is 0 Å². The van der Waals surface area contributed by atoms with E-state index in [0.717, 1.165) is 11.3 Å². The maximum absolute atomic E-state index is 12.2. The molecule has 2 N–H and O–H groups in total. The number of benzene rings is 1. The molecule has 2 aromatic rings. The van der Waals surface area contributed by atoms with Crippen LogP contribution in [0.3, 0.4) is 0 Å². The fraction of sp³-hybridized carbons (Fsp3) is 0.263. The lowest BCUT2D eigenvalue weighted by atomic mass is 10.0. The van der Waals surface area contributed by atoms with Gasteiger partial charge in [-0.3, -0.25) is 14.6 Å². The second kappa shape index (κ2) is 8.73. The minimum Gasteiger partial charge on any atom is -0.325 e. The highest BCUT2D eigenvalue weighted by Crippen LogP contribution is 2.23. The Kier molecular flexibility index (Phi) is 6.39. The summed E-state index contributed by atoms with van der Waals surface area (Å²) in [5, 5.41) is 6.85. The molecule has 0 saturated heterocycles. The molecule has 1 heterocycles. The maximum atomic E-state index is 12.2. The summed E-state index contributed by atoms with van der Waals surface area (Å²) < 4.78 is 0. The van der Waals surface area contributed by atoms with E-state index in [2.05, 4.69) is 34.7 Å². The van der Waals surface area contributed by atoms with Crippen molar-refractivity contribution in [1.29, 1.82) is 0 Å². The van der Waals surface area contributed by atoms with Crippen molar-refractivity contribution in [2.45, 2.75) is 33.1 Å². The van der Waals surface area contributed by atoms with Gasteiger partial charge in [-0.25, -0.2) is 5.43 Å². The van der Waals surface area contributed by atoms with E-state index in [1.54, 1.807) is 25.1 Å². The highest BCUT2D eigenvalue weighted by atomic mass is 16.2. The van der Waals surface area contributed by atoms with E-state index in [1.165, 1.54) is 6.20 Å². The minimum absolute atomic E-state index is 0.0922. The van der Waals surface area contributed by atoms with E-state index in [9.17, 15) is 9.59 Å². The summed E-state index contributed by atoms with van der Waals surface area (Å²) in [4.78, 5) is 28.0. The summed E-state index contributed by atoms with van der Waals surface area (Å²) in [7, 11) is 0. The summed E-state index contributed by atoms with van der Waals surface area (Å²) in [5.41, 5.74) is 5.06. The average molecular weight is 338 g/mol. The predicted molar refractivity (Wildman–Crippen MR) is 98.6 cm³/mol. The molecule has 0 aliphatic carbocycles. The van der Waals surface area contributed by atoms with Crippen LogP contribution in [0.4, 0.5) is 5.69 Å². The first-order valence-corrected chi connectivity index (χ1v) is 8.10. The van der Waals surface area contributed by atoms with Crippen LogP contribution in [0.1, 0.15) is 49.2 Å². The lowest BCUT2D eigenvalue weighted by molar-refractivity contribution is -0.115. The highest BCUT2D eigenvalue weighted by Gasteiger charge is 2.11. The van der Waals surface area contributed by atoms with Crippen LogP contribution in [0.5, 0.6) is 0 Å². The third-order valence-corrected chi connectivity index (χ3v) is 3.52. The lowest BCUT2D eigenvalue weighted by Gasteiger charge is -2.13. The van der Waals surface area contributed by atoms with E-state index >= 15 is 0 Å². The molecule has 0 fully saturated rings. The van der Waals surface area contributed by atoms with Gasteiger partial charge in [0.1, 0.15) is 5.69 Å². The van der Waals surface area contributed by atoms with Crippen LogP contribution < -0.4 is 10.7 Å². The maximum Gasteiger partial charge on any atom is 0.289 e. The molecular weight excluding hydrogens is 316 g/mol. The molecule has 1 aromatic heterocycles. The predicted octanol–water partition coefficient (Wildman–Crippen LogP) is 3.34. The molecule has 1 aromatic carbocycles. The van der Waals surface area contributed by atoms with Crippen LogP contribution in [-0.4, -0.2) is 22.5 Å². The molecule has 0 radical (unpaired) electrons. The zero-order chi connectivity index (χ0) is 18.2. The number of hydrazone groups is 1. The Morgan fingerprint density at radius 3 is 2.52 bits per heavy atom. The number of carbonyl (C=O) groups excluding carboxylic acids is 2. The van der Waals surface area contributed by atoms with Crippen molar-refractivity contribution >= 4 is 23.2 Å². The number of nitrogens with one attached hydrogen (secondary N) is 2. The van der Waals surface area contributed by atoms with Gasteiger partial charge in [-0.15, -0.1) is 0 Å². The molecule has 0 saturated carbocycles. The quantitative estimate of drug-likeness (QED) is 0.626. The summed E-state index contributed by atoms with van der Waals surface area (Å²) in [6, 6.07) is 12.7. The van der Waals surface area contributed by atoms with Gasteiger partial charge in [-0.05, 0) is 36.6 Å². The fourth-order valence-corrected chi connectivity index (χ4v) is 2.28. The fourth-order valence-electron chi connectivity index (χ4n) is 2.28. The molecule has 2 amide bonds. The Labute approximate surface area is 147 Å². The largest absolute Gasteiger partial charge is 0.325 e. The summed E-state index contributed by atoms with van der Waals surface area (Å²) >= 11 is 0. The molecule has 0 spiro atoms. The smallest absolute Gasteiger partial charge is 0.289 e. The summed E-state index contributed by atoms with van der Waals surface area (Å²) in [6.45, 7) is 5.84. The Morgan fingerprint density at radius 2 is 1.84 bits per heavy atom. The minimum atomic E-state index is -0.412. The first kappa shape index (κ1) is 18.3. The van der Waals surface area contributed by atoms with Crippen molar-refractivity contribution in [3.05, 3.63) is 59.9 Å².